The van der Waals surface area contributed by atoms with Gasteiger partial charge in [-0.1, -0.05) is 6.92 Å². The number of amides is 1. The second-order valence-corrected chi connectivity index (χ2v) is 8.33. The topological polar surface area (TPSA) is 108 Å². The SMILES string of the molecule is CC1=C[C@@]2(C[C@@H]3C(=O)CC[C@@H]([C@@H]4C[C@H](C)C(=O)O4)NC(=O)CC[C@H]3O2)OC1=O. The summed E-state index contributed by atoms with van der Waals surface area (Å²) in [6, 6.07) is -0.371. The third-order valence-electron chi connectivity index (χ3n) is 6.15. The normalized spacial score (nSPS) is 41.4. The number of fused-ring (bicyclic) bond motifs is 1. The van der Waals surface area contributed by atoms with Gasteiger partial charge in [-0.15, -0.1) is 0 Å². The molecule has 152 valence electrons. The van der Waals surface area contributed by atoms with Gasteiger partial charge in [0.05, 0.1) is 24.0 Å². The van der Waals surface area contributed by atoms with E-state index in [9.17, 15) is 19.2 Å². The molecule has 3 fully saturated rings. The van der Waals surface area contributed by atoms with Crippen LogP contribution in [0.5, 0.6) is 0 Å². The summed E-state index contributed by atoms with van der Waals surface area (Å²) in [5, 5.41) is 2.92. The van der Waals surface area contributed by atoms with Crippen LogP contribution in [0.2, 0.25) is 0 Å². The van der Waals surface area contributed by atoms with Gasteiger partial charge in [0, 0.05) is 24.8 Å². The van der Waals surface area contributed by atoms with Crippen LogP contribution in [-0.2, 0) is 33.4 Å². The van der Waals surface area contributed by atoms with Gasteiger partial charge in [0.15, 0.2) is 0 Å². The lowest BCUT2D eigenvalue weighted by Crippen LogP contribution is -2.45. The van der Waals surface area contributed by atoms with E-state index in [0.29, 0.717) is 24.8 Å². The van der Waals surface area contributed by atoms with E-state index in [-0.39, 0.29) is 48.9 Å². The lowest BCUT2D eigenvalue weighted by atomic mass is 9.86. The van der Waals surface area contributed by atoms with Crippen LogP contribution in [-0.4, -0.2) is 47.7 Å². The summed E-state index contributed by atoms with van der Waals surface area (Å²) in [7, 11) is 0. The Hall–Kier alpha value is -2.22. The van der Waals surface area contributed by atoms with Crippen molar-refractivity contribution in [2.45, 2.75) is 76.4 Å². The summed E-state index contributed by atoms with van der Waals surface area (Å²) >= 11 is 0. The Balaban J connectivity index is 1.49. The van der Waals surface area contributed by atoms with Gasteiger partial charge in [-0.05, 0) is 32.3 Å². The van der Waals surface area contributed by atoms with E-state index in [2.05, 4.69) is 5.32 Å². The molecule has 1 spiro atoms. The molecule has 4 aliphatic heterocycles. The van der Waals surface area contributed by atoms with Crippen molar-refractivity contribution in [3.05, 3.63) is 11.6 Å². The van der Waals surface area contributed by atoms with Gasteiger partial charge in [0.1, 0.15) is 11.9 Å². The van der Waals surface area contributed by atoms with Gasteiger partial charge in [0.2, 0.25) is 11.7 Å². The molecule has 4 rings (SSSR count). The van der Waals surface area contributed by atoms with E-state index in [1.807, 2.05) is 0 Å². The molecular weight excluding hydrogens is 366 g/mol. The van der Waals surface area contributed by atoms with Gasteiger partial charge >= 0.3 is 11.9 Å². The molecule has 0 aromatic heterocycles. The number of carbonyl (C=O) groups is 4. The zero-order valence-electron chi connectivity index (χ0n) is 16.1. The van der Waals surface area contributed by atoms with Crippen molar-refractivity contribution in [1.82, 2.24) is 5.32 Å². The average Bonchev–Trinajstić information content (AvgIpc) is 3.25. The highest BCUT2D eigenvalue weighted by Gasteiger charge is 2.53. The van der Waals surface area contributed by atoms with Crippen LogP contribution < -0.4 is 5.32 Å². The molecule has 4 aliphatic rings. The Kier molecular flexibility index (Phi) is 4.77. The summed E-state index contributed by atoms with van der Waals surface area (Å²) in [6.07, 6.45) is 2.78. The average molecular weight is 391 g/mol. The lowest BCUT2D eigenvalue weighted by molar-refractivity contribution is -0.192. The van der Waals surface area contributed by atoms with Gasteiger partial charge < -0.3 is 19.5 Å². The molecule has 4 heterocycles. The molecule has 0 aromatic rings. The monoisotopic (exact) mass is 391 g/mol. The molecule has 1 amide bonds. The predicted octanol–water partition coefficient (Wildman–Crippen LogP) is 1.17. The van der Waals surface area contributed by atoms with Crippen molar-refractivity contribution in [3.8, 4) is 0 Å². The van der Waals surface area contributed by atoms with Crippen molar-refractivity contribution in [1.29, 1.82) is 0 Å². The number of ketones is 1. The number of cyclic esters (lactones) is 1. The van der Waals surface area contributed by atoms with Crippen LogP contribution in [0.25, 0.3) is 0 Å². The molecule has 0 bridgehead atoms. The Labute approximate surface area is 162 Å². The second kappa shape index (κ2) is 6.99. The molecule has 8 nitrogen and oxygen atoms in total. The minimum absolute atomic E-state index is 0.0226. The molecule has 0 aromatic carbocycles. The second-order valence-electron chi connectivity index (χ2n) is 8.33. The number of carbonyl (C=O) groups excluding carboxylic acids is 4. The van der Waals surface area contributed by atoms with E-state index >= 15 is 0 Å². The Morgan fingerprint density at radius 2 is 1.89 bits per heavy atom. The molecular formula is C20H25NO7. The Bertz CT molecular complexity index is 760. The zero-order valence-corrected chi connectivity index (χ0v) is 16.1. The van der Waals surface area contributed by atoms with Gasteiger partial charge in [-0.2, -0.15) is 0 Å². The molecule has 6 atom stereocenters. The maximum atomic E-state index is 12.9. The number of ether oxygens (including phenoxy) is 3. The molecule has 8 heteroatoms. The van der Waals surface area contributed by atoms with Crippen molar-refractivity contribution in [2.75, 3.05) is 0 Å². The summed E-state index contributed by atoms with van der Waals surface area (Å²) in [5.74, 6) is -2.65. The summed E-state index contributed by atoms with van der Waals surface area (Å²) in [5.41, 5.74) is 0.464. The van der Waals surface area contributed by atoms with Crippen LogP contribution in [0.1, 0.15) is 52.4 Å². The highest BCUT2D eigenvalue weighted by atomic mass is 16.7. The van der Waals surface area contributed by atoms with E-state index in [1.165, 1.54) is 0 Å². The van der Waals surface area contributed by atoms with Gasteiger partial charge in [-0.3, -0.25) is 14.4 Å². The third kappa shape index (κ3) is 3.45. The van der Waals surface area contributed by atoms with Crippen LogP contribution >= 0.6 is 0 Å². The van der Waals surface area contributed by atoms with Crippen molar-refractivity contribution in [3.63, 3.8) is 0 Å². The number of rotatable bonds is 1. The minimum atomic E-state index is -1.19. The van der Waals surface area contributed by atoms with Crippen LogP contribution in [0.4, 0.5) is 0 Å². The first-order chi connectivity index (χ1) is 13.3. The first-order valence-corrected chi connectivity index (χ1v) is 9.89. The third-order valence-corrected chi connectivity index (χ3v) is 6.15. The first-order valence-electron chi connectivity index (χ1n) is 9.89. The number of Topliss-reactive ketones (excluding diaryl/α,β-unsaturated/α-hetero) is 1. The lowest BCUT2D eigenvalue weighted by Gasteiger charge is -2.26. The van der Waals surface area contributed by atoms with Crippen molar-refractivity contribution >= 4 is 23.6 Å². The molecule has 28 heavy (non-hydrogen) atoms. The Morgan fingerprint density at radius 3 is 2.54 bits per heavy atom. The van der Waals surface area contributed by atoms with Gasteiger partial charge in [0.25, 0.3) is 0 Å². The van der Waals surface area contributed by atoms with E-state index in [0.717, 1.165) is 0 Å². The standard InChI is InChI=1S/C20H25NO7/c1-10-7-16(26-18(10)24)13-3-4-14(22)12-9-20(8-11(2)19(25)28-20)27-15(12)5-6-17(23)21-13/h8,10,12-13,15-16H,3-7,9H2,1-2H3,(H,21,23)/t10-,12+,13-,15+,16-,20-/m0/s1. The minimum Gasteiger partial charge on any atom is -0.460 e. The van der Waals surface area contributed by atoms with Crippen LogP contribution in [0.3, 0.4) is 0 Å². The van der Waals surface area contributed by atoms with E-state index in [4.69, 9.17) is 14.2 Å². The largest absolute Gasteiger partial charge is 0.460 e. The summed E-state index contributed by atoms with van der Waals surface area (Å²) in [6.45, 7) is 3.45. The maximum Gasteiger partial charge on any atom is 0.336 e. The van der Waals surface area contributed by atoms with E-state index < -0.39 is 29.9 Å². The molecule has 0 unspecified atom stereocenters. The predicted molar refractivity (Wildman–Crippen MR) is 94.6 cm³/mol. The fraction of sp³-hybridized carbons (Fsp3) is 0.700. The number of nitrogens with one attached hydrogen (secondary N) is 1. The zero-order chi connectivity index (χ0) is 20.1. The molecule has 0 saturated carbocycles. The smallest absolute Gasteiger partial charge is 0.336 e. The number of hydrogen-bond acceptors (Lipinski definition) is 7. The molecule has 0 aliphatic carbocycles. The van der Waals surface area contributed by atoms with Crippen molar-refractivity contribution in [2.24, 2.45) is 11.8 Å². The maximum absolute atomic E-state index is 12.9. The fourth-order valence-electron chi connectivity index (χ4n) is 4.61. The van der Waals surface area contributed by atoms with E-state index in [1.54, 1.807) is 19.9 Å². The Morgan fingerprint density at radius 1 is 1.11 bits per heavy atom. The number of hydrogen-bond donors (Lipinski definition) is 1. The number of esters is 2. The highest BCUT2D eigenvalue weighted by Crippen LogP contribution is 2.44. The highest BCUT2D eigenvalue weighted by molar-refractivity contribution is 5.91. The quantitative estimate of drug-likeness (QED) is 0.669. The summed E-state index contributed by atoms with van der Waals surface area (Å²) < 4.78 is 16.8. The molecule has 1 N–H and O–H groups in total. The van der Waals surface area contributed by atoms with Gasteiger partial charge in [-0.25, -0.2) is 4.79 Å². The molecule has 0 radical (unpaired) electrons. The summed E-state index contributed by atoms with van der Waals surface area (Å²) in [4.78, 5) is 48.9. The molecule has 3 saturated heterocycles. The first kappa shape index (κ1) is 19.1. The van der Waals surface area contributed by atoms with Crippen LogP contribution in [0, 0.1) is 11.8 Å². The van der Waals surface area contributed by atoms with Crippen molar-refractivity contribution < 1.29 is 33.4 Å². The van der Waals surface area contributed by atoms with Crippen LogP contribution in [0.15, 0.2) is 11.6 Å². The fourth-order valence-corrected chi connectivity index (χ4v) is 4.61.